The van der Waals surface area contributed by atoms with Gasteiger partial charge in [-0.25, -0.2) is 0 Å². The van der Waals surface area contributed by atoms with E-state index in [0.29, 0.717) is 12.4 Å². The second-order valence-corrected chi connectivity index (χ2v) is 6.00. The van der Waals surface area contributed by atoms with Crippen LogP contribution in [0.15, 0.2) is 23.9 Å². The molecule has 2 heterocycles. The Morgan fingerprint density at radius 3 is 2.80 bits per heavy atom. The van der Waals surface area contributed by atoms with Crippen molar-refractivity contribution in [2.75, 3.05) is 19.0 Å². The molecule has 7 heteroatoms. The highest BCUT2D eigenvalue weighted by atomic mass is 16.5. The maximum atomic E-state index is 12.3. The second kappa shape index (κ2) is 7.81. The molecule has 0 bridgehead atoms. The van der Waals surface area contributed by atoms with Gasteiger partial charge in [-0.15, -0.1) is 0 Å². The lowest BCUT2D eigenvalue weighted by atomic mass is 10.1. The third-order valence-electron chi connectivity index (χ3n) is 3.99. The largest absolute Gasteiger partial charge is 0.383 e. The Balaban J connectivity index is 2.29. The molecule has 0 aromatic carbocycles. The molecule has 0 spiro atoms. The van der Waals surface area contributed by atoms with Crippen LogP contribution in [0.5, 0.6) is 0 Å². The van der Waals surface area contributed by atoms with E-state index < -0.39 is 5.91 Å². The highest BCUT2D eigenvalue weighted by Gasteiger charge is 2.16. The summed E-state index contributed by atoms with van der Waals surface area (Å²) in [6.07, 6.45) is 3.33. The molecule has 2 aromatic rings. The number of carbonyl (C=O) groups is 1. The van der Waals surface area contributed by atoms with Crippen molar-refractivity contribution in [1.82, 2.24) is 14.3 Å². The number of hydrogen-bond donors (Lipinski definition) is 1. The molecule has 0 fully saturated rings. The van der Waals surface area contributed by atoms with Crippen molar-refractivity contribution in [2.45, 2.75) is 26.8 Å². The first-order chi connectivity index (χ1) is 11.9. The number of anilines is 1. The van der Waals surface area contributed by atoms with Gasteiger partial charge in [-0.1, -0.05) is 0 Å². The number of aryl methyl sites for hydroxylation is 2. The molecular formula is C18H23N5O2. The van der Waals surface area contributed by atoms with Gasteiger partial charge in [0.25, 0.3) is 5.91 Å². The van der Waals surface area contributed by atoms with Gasteiger partial charge in [0.05, 0.1) is 12.6 Å². The number of ether oxygens (including phenoxy) is 1. The van der Waals surface area contributed by atoms with E-state index in [1.165, 1.54) is 0 Å². The van der Waals surface area contributed by atoms with Gasteiger partial charge in [-0.05, 0) is 38.5 Å². The Bertz CT molecular complexity index is 838. The molecule has 2 aromatic heterocycles. The average Bonchev–Trinajstić information content (AvgIpc) is 3.08. The Kier molecular flexibility index (Phi) is 5.78. The first-order valence-electron chi connectivity index (χ1n) is 7.97. The average molecular weight is 341 g/mol. The number of nitriles is 1. The molecular weight excluding hydrogens is 318 g/mol. The van der Waals surface area contributed by atoms with Crippen molar-refractivity contribution in [1.29, 1.82) is 5.26 Å². The van der Waals surface area contributed by atoms with E-state index >= 15 is 0 Å². The molecule has 132 valence electrons. The van der Waals surface area contributed by atoms with Gasteiger partial charge in [-0.2, -0.15) is 10.4 Å². The molecule has 0 radical (unpaired) electrons. The summed E-state index contributed by atoms with van der Waals surface area (Å²) in [5.74, 6) is -0.0659. The zero-order valence-electron chi connectivity index (χ0n) is 15.2. The SMILES string of the molecule is COCC(C)n1c(C)cc(/C=C(/C#N)C(=O)Nc2ccn(C)n2)c1C. The fourth-order valence-electron chi connectivity index (χ4n) is 2.91. The molecule has 0 aliphatic carbocycles. The minimum absolute atomic E-state index is 0.0327. The van der Waals surface area contributed by atoms with Crippen LogP contribution in [0.2, 0.25) is 0 Å². The van der Waals surface area contributed by atoms with Gasteiger partial charge < -0.3 is 14.6 Å². The predicted molar refractivity (Wildman–Crippen MR) is 95.9 cm³/mol. The number of carbonyl (C=O) groups excluding carboxylic acids is 1. The van der Waals surface area contributed by atoms with Crippen LogP contribution >= 0.6 is 0 Å². The molecule has 0 saturated carbocycles. The van der Waals surface area contributed by atoms with Gasteiger partial charge >= 0.3 is 0 Å². The van der Waals surface area contributed by atoms with Crippen LogP contribution in [0.1, 0.15) is 29.9 Å². The Morgan fingerprint density at radius 1 is 1.52 bits per heavy atom. The molecule has 1 amide bonds. The normalized spacial score (nSPS) is 12.7. The molecule has 1 N–H and O–H groups in total. The van der Waals surface area contributed by atoms with Crippen LogP contribution in [0.3, 0.4) is 0 Å². The van der Waals surface area contributed by atoms with Crippen molar-refractivity contribution >= 4 is 17.8 Å². The van der Waals surface area contributed by atoms with Crippen LogP contribution in [-0.4, -0.2) is 34.0 Å². The van der Waals surface area contributed by atoms with Crippen LogP contribution in [0, 0.1) is 25.2 Å². The number of nitrogens with one attached hydrogen (secondary N) is 1. The van der Waals surface area contributed by atoms with Crippen molar-refractivity contribution in [2.24, 2.45) is 7.05 Å². The van der Waals surface area contributed by atoms with Gasteiger partial charge in [0.15, 0.2) is 5.82 Å². The minimum Gasteiger partial charge on any atom is -0.383 e. The first kappa shape index (κ1) is 18.5. The lowest BCUT2D eigenvalue weighted by Gasteiger charge is -2.17. The Morgan fingerprint density at radius 2 is 2.24 bits per heavy atom. The molecule has 25 heavy (non-hydrogen) atoms. The summed E-state index contributed by atoms with van der Waals surface area (Å²) < 4.78 is 8.94. The summed E-state index contributed by atoms with van der Waals surface area (Å²) in [7, 11) is 3.42. The highest BCUT2D eigenvalue weighted by molar-refractivity contribution is 6.09. The van der Waals surface area contributed by atoms with Crippen molar-refractivity contribution < 1.29 is 9.53 Å². The zero-order chi connectivity index (χ0) is 18.6. The number of aromatic nitrogens is 3. The number of methoxy groups -OCH3 is 1. The lowest BCUT2D eigenvalue weighted by Crippen LogP contribution is -2.14. The molecule has 7 nitrogen and oxygen atoms in total. The van der Waals surface area contributed by atoms with E-state index in [1.54, 1.807) is 37.2 Å². The van der Waals surface area contributed by atoms with E-state index in [9.17, 15) is 10.1 Å². The molecule has 0 saturated heterocycles. The second-order valence-electron chi connectivity index (χ2n) is 6.00. The van der Waals surface area contributed by atoms with Gasteiger partial charge in [0.1, 0.15) is 11.6 Å². The van der Waals surface area contributed by atoms with Crippen molar-refractivity contribution in [3.63, 3.8) is 0 Å². The maximum absolute atomic E-state index is 12.3. The summed E-state index contributed by atoms with van der Waals surface area (Å²) >= 11 is 0. The van der Waals surface area contributed by atoms with Crippen LogP contribution in [-0.2, 0) is 16.6 Å². The number of nitrogens with zero attached hydrogens (tertiary/aromatic N) is 4. The van der Waals surface area contributed by atoms with E-state index in [4.69, 9.17) is 4.74 Å². The quantitative estimate of drug-likeness (QED) is 0.646. The van der Waals surface area contributed by atoms with Crippen molar-refractivity contribution in [3.8, 4) is 6.07 Å². The third kappa shape index (κ3) is 4.17. The first-order valence-corrected chi connectivity index (χ1v) is 7.97. The number of amides is 1. The van der Waals surface area contributed by atoms with E-state index in [-0.39, 0.29) is 11.6 Å². The van der Waals surface area contributed by atoms with E-state index in [1.807, 2.05) is 26.0 Å². The van der Waals surface area contributed by atoms with E-state index in [0.717, 1.165) is 17.0 Å². The zero-order valence-corrected chi connectivity index (χ0v) is 15.2. The summed E-state index contributed by atoms with van der Waals surface area (Å²) in [5, 5.41) is 16.1. The third-order valence-corrected chi connectivity index (χ3v) is 3.99. The number of rotatable bonds is 6. The van der Waals surface area contributed by atoms with Gasteiger partial charge in [0.2, 0.25) is 0 Å². The fourth-order valence-corrected chi connectivity index (χ4v) is 2.91. The monoisotopic (exact) mass is 341 g/mol. The number of hydrogen-bond acceptors (Lipinski definition) is 4. The lowest BCUT2D eigenvalue weighted by molar-refractivity contribution is -0.112. The van der Waals surface area contributed by atoms with Crippen LogP contribution < -0.4 is 5.32 Å². The fraction of sp³-hybridized carbons (Fsp3) is 0.389. The summed E-state index contributed by atoms with van der Waals surface area (Å²) in [6.45, 7) is 6.62. The van der Waals surface area contributed by atoms with Crippen LogP contribution in [0.25, 0.3) is 6.08 Å². The Hall–Kier alpha value is -2.85. The molecule has 0 aliphatic rings. The Labute approximate surface area is 147 Å². The highest BCUT2D eigenvalue weighted by Crippen LogP contribution is 2.23. The van der Waals surface area contributed by atoms with E-state index in [2.05, 4.69) is 21.9 Å². The summed E-state index contributed by atoms with van der Waals surface area (Å²) in [6, 6.07) is 5.77. The predicted octanol–water partition coefficient (Wildman–Crippen LogP) is 2.59. The smallest absolute Gasteiger partial charge is 0.267 e. The molecule has 1 atom stereocenters. The topological polar surface area (TPSA) is 84.9 Å². The van der Waals surface area contributed by atoms with Crippen molar-refractivity contribution in [3.05, 3.63) is 40.9 Å². The summed E-state index contributed by atoms with van der Waals surface area (Å²) in [4.78, 5) is 12.3. The molecule has 1 unspecified atom stereocenters. The van der Waals surface area contributed by atoms with Crippen LogP contribution in [0.4, 0.5) is 5.82 Å². The van der Waals surface area contributed by atoms with Gasteiger partial charge in [0, 0.05) is 37.8 Å². The summed E-state index contributed by atoms with van der Waals surface area (Å²) in [5.41, 5.74) is 2.91. The standard InChI is InChI=1S/C18H23N5O2/c1-12-8-15(14(3)23(12)13(2)11-25-5)9-16(10-19)18(24)20-17-6-7-22(4)21-17/h6-9,13H,11H2,1-5H3,(H,20,21,24)/b16-9-. The molecule has 2 rings (SSSR count). The molecule has 0 aliphatic heterocycles. The minimum atomic E-state index is -0.476. The maximum Gasteiger partial charge on any atom is 0.267 e. The van der Waals surface area contributed by atoms with Gasteiger partial charge in [-0.3, -0.25) is 9.48 Å².